The Balaban J connectivity index is 1.70. The summed E-state index contributed by atoms with van der Waals surface area (Å²) >= 11 is 5.85. The first-order valence-electron chi connectivity index (χ1n) is 8.08. The Kier molecular flexibility index (Phi) is 5.68. The fraction of sp³-hybridized carbons (Fsp3) is 0.100. The summed E-state index contributed by atoms with van der Waals surface area (Å²) in [6.45, 7) is 0.375. The second-order valence-corrected chi connectivity index (χ2v) is 8.24. The van der Waals surface area contributed by atoms with E-state index in [0.29, 0.717) is 23.1 Å². The van der Waals surface area contributed by atoms with Crippen LogP contribution in [-0.4, -0.2) is 15.5 Å². The van der Waals surface area contributed by atoms with Crippen molar-refractivity contribution >= 4 is 27.3 Å². The van der Waals surface area contributed by atoms with Gasteiger partial charge in [0.05, 0.1) is 10.6 Å². The molecule has 0 radical (unpaired) electrons. The maximum atomic E-state index is 13.0. The summed E-state index contributed by atoms with van der Waals surface area (Å²) in [5, 5.41) is 0.661. The molecule has 7 heteroatoms. The minimum atomic E-state index is -3.77. The molecule has 0 aliphatic carbocycles. The number of anilines is 1. The summed E-state index contributed by atoms with van der Waals surface area (Å²) in [6, 6.07) is 18.7. The Morgan fingerprint density at radius 2 is 1.52 bits per heavy atom. The molecule has 0 aliphatic rings. The lowest BCUT2D eigenvalue weighted by molar-refractivity contribution is 0.306. The molecule has 4 nitrogen and oxygen atoms in total. The quantitative estimate of drug-likeness (QED) is 0.587. The van der Waals surface area contributed by atoms with E-state index in [1.54, 1.807) is 36.4 Å². The van der Waals surface area contributed by atoms with Crippen LogP contribution in [0.2, 0.25) is 5.02 Å². The van der Waals surface area contributed by atoms with Crippen LogP contribution in [0.5, 0.6) is 5.75 Å². The van der Waals surface area contributed by atoms with Crippen LogP contribution in [0.25, 0.3) is 0 Å². The molecule has 0 amide bonds. The third-order valence-electron chi connectivity index (χ3n) is 3.99. The molecule has 0 atom stereocenters. The molecule has 0 saturated heterocycles. The van der Waals surface area contributed by atoms with Gasteiger partial charge in [-0.15, -0.1) is 0 Å². The third kappa shape index (κ3) is 4.59. The van der Waals surface area contributed by atoms with Crippen molar-refractivity contribution in [3.8, 4) is 5.75 Å². The molecule has 0 unspecified atom stereocenters. The molecule has 27 heavy (non-hydrogen) atoms. The minimum Gasteiger partial charge on any atom is -0.489 e. The number of rotatable bonds is 6. The zero-order valence-electron chi connectivity index (χ0n) is 14.5. The molecular formula is C20H17ClFNO3S. The summed E-state index contributed by atoms with van der Waals surface area (Å²) in [7, 11) is -2.32. The Bertz CT molecular complexity index is 1000. The molecule has 3 aromatic rings. The number of nitrogens with zero attached hydrogens (tertiary/aromatic N) is 1. The van der Waals surface area contributed by atoms with Gasteiger partial charge in [0.15, 0.2) is 0 Å². The topological polar surface area (TPSA) is 46.6 Å². The zero-order chi connectivity index (χ0) is 19.4. The first kappa shape index (κ1) is 19.2. The van der Waals surface area contributed by atoms with Gasteiger partial charge in [-0.2, -0.15) is 0 Å². The number of benzene rings is 3. The van der Waals surface area contributed by atoms with Crippen LogP contribution in [0, 0.1) is 5.82 Å². The highest BCUT2D eigenvalue weighted by Crippen LogP contribution is 2.25. The molecule has 140 valence electrons. The van der Waals surface area contributed by atoms with Gasteiger partial charge in [-0.25, -0.2) is 12.8 Å². The fourth-order valence-electron chi connectivity index (χ4n) is 2.40. The summed E-state index contributed by atoms with van der Waals surface area (Å²) < 4.78 is 45.1. The van der Waals surface area contributed by atoms with E-state index in [-0.39, 0.29) is 4.90 Å². The van der Waals surface area contributed by atoms with Gasteiger partial charge in [0.25, 0.3) is 10.0 Å². The molecule has 0 N–H and O–H groups in total. The lowest BCUT2D eigenvalue weighted by atomic mass is 10.2. The Labute approximate surface area is 162 Å². The van der Waals surface area contributed by atoms with Crippen LogP contribution in [0.3, 0.4) is 0 Å². The largest absolute Gasteiger partial charge is 0.489 e. The van der Waals surface area contributed by atoms with Crippen molar-refractivity contribution in [3.05, 3.63) is 89.2 Å². The molecule has 0 saturated carbocycles. The molecule has 3 rings (SSSR count). The summed E-state index contributed by atoms with van der Waals surface area (Å²) in [5.74, 6) is 0.125. The van der Waals surface area contributed by atoms with Crippen molar-refractivity contribution in [3.63, 3.8) is 0 Å². The Hall–Kier alpha value is -2.57. The minimum absolute atomic E-state index is 0.0227. The van der Waals surface area contributed by atoms with Crippen LogP contribution in [0.15, 0.2) is 77.7 Å². The normalized spacial score (nSPS) is 11.2. The van der Waals surface area contributed by atoms with E-state index in [9.17, 15) is 12.8 Å². The predicted molar refractivity (Wildman–Crippen MR) is 104 cm³/mol. The third-order valence-corrected chi connectivity index (χ3v) is 6.04. The van der Waals surface area contributed by atoms with Crippen molar-refractivity contribution in [2.75, 3.05) is 11.4 Å². The SMILES string of the molecule is CN(c1ccc(OCc2ccc(Cl)cc2)cc1)S(=O)(=O)c1ccc(F)cc1. The number of sulfonamides is 1. The zero-order valence-corrected chi connectivity index (χ0v) is 16.0. The Morgan fingerprint density at radius 3 is 2.11 bits per heavy atom. The van der Waals surface area contributed by atoms with Crippen LogP contribution in [0.4, 0.5) is 10.1 Å². The van der Waals surface area contributed by atoms with Gasteiger partial charge in [-0.05, 0) is 66.2 Å². The first-order valence-corrected chi connectivity index (χ1v) is 9.90. The second kappa shape index (κ2) is 7.98. The molecule has 0 bridgehead atoms. The predicted octanol–water partition coefficient (Wildman–Crippen LogP) is 4.88. The van der Waals surface area contributed by atoms with E-state index in [2.05, 4.69) is 0 Å². The second-order valence-electron chi connectivity index (χ2n) is 5.84. The summed E-state index contributed by atoms with van der Waals surface area (Å²) in [5.41, 5.74) is 1.44. The molecular weight excluding hydrogens is 389 g/mol. The van der Waals surface area contributed by atoms with Gasteiger partial charge in [-0.3, -0.25) is 4.31 Å². The number of halogens is 2. The number of ether oxygens (including phenoxy) is 1. The van der Waals surface area contributed by atoms with Crippen molar-refractivity contribution in [2.24, 2.45) is 0 Å². The van der Waals surface area contributed by atoms with Gasteiger partial charge >= 0.3 is 0 Å². The highest BCUT2D eigenvalue weighted by molar-refractivity contribution is 7.92. The lowest BCUT2D eigenvalue weighted by Gasteiger charge is -2.20. The van der Waals surface area contributed by atoms with Crippen molar-refractivity contribution in [1.29, 1.82) is 0 Å². The monoisotopic (exact) mass is 405 g/mol. The molecule has 0 aliphatic heterocycles. The maximum absolute atomic E-state index is 13.0. The molecule has 3 aromatic carbocycles. The molecule has 0 spiro atoms. The van der Waals surface area contributed by atoms with E-state index >= 15 is 0 Å². The van der Waals surface area contributed by atoms with Crippen LogP contribution >= 0.6 is 11.6 Å². The van der Waals surface area contributed by atoms with Crippen LogP contribution < -0.4 is 9.04 Å². The van der Waals surface area contributed by atoms with E-state index in [1.807, 2.05) is 12.1 Å². The van der Waals surface area contributed by atoms with Gasteiger partial charge in [0, 0.05) is 12.1 Å². The van der Waals surface area contributed by atoms with E-state index in [4.69, 9.17) is 16.3 Å². The van der Waals surface area contributed by atoms with Crippen molar-refractivity contribution in [1.82, 2.24) is 0 Å². The van der Waals surface area contributed by atoms with Gasteiger partial charge in [-0.1, -0.05) is 23.7 Å². The standard InChI is InChI=1S/C20H17ClFNO3S/c1-23(27(24,25)20-12-6-17(22)7-13-20)18-8-10-19(11-9-18)26-14-15-2-4-16(21)5-3-15/h2-13H,14H2,1H3. The molecule has 0 fully saturated rings. The maximum Gasteiger partial charge on any atom is 0.264 e. The van der Waals surface area contributed by atoms with E-state index in [1.165, 1.54) is 19.2 Å². The average Bonchev–Trinajstić information content (AvgIpc) is 2.68. The smallest absolute Gasteiger partial charge is 0.264 e. The molecule has 0 heterocycles. The number of hydrogen-bond donors (Lipinski definition) is 0. The van der Waals surface area contributed by atoms with Gasteiger partial charge < -0.3 is 4.74 Å². The summed E-state index contributed by atoms with van der Waals surface area (Å²) in [6.07, 6.45) is 0. The van der Waals surface area contributed by atoms with E-state index < -0.39 is 15.8 Å². The van der Waals surface area contributed by atoms with Crippen molar-refractivity contribution in [2.45, 2.75) is 11.5 Å². The van der Waals surface area contributed by atoms with Crippen LogP contribution in [-0.2, 0) is 16.6 Å². The van der Waals surface area contributed by atoms with Gasteiger partial charge in [0.2, 0.25) is 0 Å². The Morgan fingerprint density at radius 1 is 0.926 bits per heavy atom. The highest BCUT2D eigenvalue weighted by Gasteiger charge is 2.21. The highest BCUT2D eigenvalue weighted by atomic mass is 35.5. The van der Waals surface area contributed by atoms with Crippen molar-refractivity contribution < 1.29 is 17.5 Å². The van der Waals surface area contributed by atoms with Crippen LogP contribution in [0.1, 0.15) is 5.56 Å². The summed E-state index contributed by atoms with van der Waals surface area (Å²) in [4.78, 5) is 0.0227. The number of hydrogen-bond acceptors (Lipinski definition) is 3. The van der Waals surface area contributed by atoms with Gasteiger partial charge in [0.1, 0.15) is 18.2 Å². The lowest BCUT2D eigenvalue weighted by Crippen LogP contribution is -2.26. The molecule has 0 aromatic heterocycles. The van der Waals surface area contributed by atoms with E-state index in [0.717, 1.165) is 22.0 Å². The average molecular weight is 406 g/mol. The first-order chi connectivity index (χ1) is 12.9. The fourth-order valence-corrected chi connectivity index (χ4v) is 3.72.